The van der Waals surface area contributed by atoms with Gasteiger partial charge in [-0.15, -0.1) is 0 Å². The smallest absolute Gasteiger partial charge is 0.414 e. The summed E-state index contributed by atoms with van der Waals surface area (Å²) in [4.78, 5) is 39.5. The first kappa shape index (κ1) is 21.9. The molecule has 2 heterocycles. The van der Waals surface area contributed by atoms with Gasteiger partial charge in [-0.05, 0) is 44.2 Å². The summed E-state index contributed by atoms with van der Waals surface area (Å²) in [6, 6.07) is 7.13. The number of carbonyl (C=O) groups excluding carboxylic acids is 3. The standard InChI is InChI=1S/C21H24ClN3O5/c1-14(3-4-15(2)22)20(27)23-11-18-12-25(21(28)30-18)17-7-5-16(6-8-17)24-9-10-29-13-19(24)26/h3-8,18H,9-13H2,1-2H3,(H,23,27)/b14-3+,15-4+. The number of hydrogen-bond donors (Lipinski definition) is 1. The average Bonchev–Trinajstić information content (AvgIpc) is 3.11. The van der Waals surface area contributed by atoms with Crippen LogP contribution in [0.4, 0.5) is 16.2 Å². The first-order chi connectivity index (χ1) is 14.3. The van der Waals surface area contributed by atoms with E-state index < -0.39 is 12.2 Å². The Kier molecular flexibility index (Phi) is 7.12. The van der Waals surface area contributed by atoms with Gasteiger partial charge < -0.3 is 19.7 Å². The molecule has 30 heavy (non-hydrogen) atoms. The molecule has 0 radical (unpaired) electrons. The van der Waals surface area contributed by atoms with Crippen molar-refractivity contribution in [1.29, 1.82) is 0 Å². The van der Waals surface area contributed by atoms with Gasteiger partial charge >= 0.3 is 6.09 Å². The van der Waals surface area contributed by atoms with E-state index in [0.29, 0.717) is 36.0 Å². The van der Waals surface area contributed by atoms with Crippen LogP contribution in [0.25, 0.3) is 0 Å². The minimum Gasteiger partial charge on any atom is -0.442 e. The summed E-state index contributed by atoms with van der Waals surface area (Å²) in [5, 5.41) is 3.33. The lowest BCUT2D eigenvalue weighted by molar-refractivity contribution is -0.125. The van der Waals surface area contributed by atoms with Crippen LogP contribution in [0.5, 0.6) is 0 Å². The number of ether oxygens (including phenoxy) is 2. The number of nitrogens with one attached hydrogen (secondary N) is 1. The zero-order valence-electron chi connectivity index (χ0n) is 16.9. The lowest BCUT2D eigenvalue weighted by atomic mass is 10.2. The maximum absolute atomic E-state index is 12.3. The first-order valence-electron chi connectivity index (χ1n) is 9.60. The fourth-order valence-electron chi connectivity index (χ4n) is 3.10. The molecule has 0 saturated carbocycles. The summed E-state index contributed by atoms with van der Waals surface area (Å²) in [6.07, 6.45) is 2.34. The van der Waals surface area contributed by atoms with Crippen molar-refractivity contribution in [3.05, 3.63) is 47.0 Å². The average molecular weight is 434 g/mol. The summed E-state index contributed by atoms with van der Waals surface area (Å²) in [5.41, 5.74) is 1.92. The quantitative estimate of drug-likeness (QED) is 0.550. The van der Waals surface area contributed by atoms with Crippen LogP contribution in [0.2, 0.25) is 0 Å². The van der Waals surface area contributed by atoms with Crippen molar-refractivity contribution in [3.63, 3.8) is 0 Å². The molecule has 0 aliphatic carbocycles. The molecule has 1 N–H and O–H groups in total. The molecule has 8 nitrogen and oxygen atoms in total. The van der Waals surface area contributed by atoms with Crippen LogP contribution in [0.1, 0.15) is 13.8 Å². The minimum atomic E-state index is -0.475. The second-order valence-corrected chi connectivity index (χ2v) is 7.64. The Morgan fingerprint density at radius 1 is 1.17 bits per heavy atom. The van der Waals surface area contributed by atoms with Gasteiger partial charge in [0.1, 0.15) is 12.7 Å². The first-order valence-corrected chi connectivity index (χ1v) is 9.98. The molecule has 0 aromatic heterocycles. The van der Waals surface area contributed by atoms with Crippen molar-refractivity contribution in [2.75, 3.05) is 42.6 Å². The van der Waals surface area contributed by atoms with E-state index in [1.54, 1.807) is 55.2 Å². The molecule has 1 aromatic rings. The third-order valence-electron chi connectivity index (χ3n) is 4.74. The molecule has 0 spiro atoms. The Hall–Kier alpha value is -2.84. The third-order valence-corrected chi connectivity index (χ3v) is 4.87. The molecule has 2 saturated heterocycles. The van der Waals surface area contributed by atoms with E-state index in [9.17, 15) is 14.4 Å². The highest BCUT2D eigenvalue weighted by Gasteiger charge is 2.32. The number of halogens is 1. The van der Waals surface area contributed by atoms with Gasteiger partial charge in [0.25, 0.3) is 5.91 Å². The van der Waals surface area contributed by atoms with Gasteiger partial charge in [0.05, 0.1) is 19.7 Å². The van der Waals surface area contributed by atoms with Crippen LogP contribution in [-0.2, 0) is 19.1 Å². The second kappa shape index (κ2) is 9.77. The lowest BCUT2D eigenvalue weighted by Crippen LogP contribution is -2.41. The number of hydrogen-bond acceptors (Lipinski definition) is 5. The summed E-state index contributed by atoms with van der Waals surface area (Å²) >= 11 is 5.76. The molecule has 2 aliphatic rings. The summed E-state index contributed by atoms with van der Waals surface area (Å²) in [6.45, 7) is 4.99. The van der Waals surface area contributed by atoms with E-state index in [0.717, 1.165) is 5.69 Å². The number of morpholine rings is 1. The van der Waals surface area contributed by atoms with Gasteiger partial charge in [0.2, 0.25) is 5.91 Å². The van der Waals surface area contributed by atoms with Crippen LogP contribution >= 0.6 is 11.6 Å². The van der Waals surface area contributed by atoms with E-state index in [2.05, 4.69) is 5.32 Å². The van der Waals surface area contributed by atoms with Crippen molar-refractivity contribution in [1.82, 2.24) is 5.32 Å². The second-order valence-electron chi connectivity index (χ2n) is 7.04. The van der Waals surface area contributed by atoms with Gasteiger partial charge in [-0.2, -0.15) is 0 Å². The number of nitrogens with zero attached hydrogens (tertiary/aromatic N) is 2. The molecule has 3 rings (SSSR count). The highest BCUT2D eigenvalue weighted by atomic mass is 35.5. The Bertz CT molecular complexity index is 877. The van der Waals surface area contributed by atoms with E-state index >= 15 is 0 Å². The van der Waals surface area contributed by atoms with Gasteiger partial charge in [-0.3, -0.25) is 14.5 Å². The SMILES string of the molecule is C/C(Cl)=C\C=C(/C)C(=O)NCC1CN(c2ccc(N3CCOCC3=O)cc2)C(=O)O1. The molecular weight excluding hydrogens is 410 g/mol. The van der Waals surface area contributed by atoms with E-state index in [-0.39, 0.29) is 25.0 Å². The highest BCUT2D eigenvalue weighted by molar-refractivity contribution is 6.29. The normalized spacial score (nSPS) is 20.4. The lowest BCUT2D eigenvalue weighted by Gasteiger charge is -2.27. The molecule has 1 atom stereocenters. The van der Waals surface area contributed by atoms with Crippen LogP contribution in [0.3, 0.4) is 0 Å². The molecule has 9 heteroatoms. The highest BCUT2D eigenvalue weighted by Crippen LogP contribution is 2.25. The van der Waals surface area contributed by atoms with Crippen LogP contribution in [0.15, 0.2) is 47.0 Å². The van der Waals surface area contributed by atoms with E-state index in [1.165, 1.54) is 4.90 Å². The molecule has 3 amide bonds. The zero-order chi connectivity index (χ0) is 21.7. The number of amides is 3. The Morgan fingerprint density at radius 3 is 2.47 bits per heavy atom. The van der Waals surface area contributed by atoms with Crippen LogP contribution in [-0.4, -0.2) is 56.9 Å². The van der Waals surface area contributed by atoms with Crippen LogP contribution in [0, 0.1) is 0 Å². The fourth-order valence-corrected chi connectivity index (χ4v) is 3.17. The Labute approximate surface area is 180 Å². The third kappa shape index (κ3) is 5.40. The predicted octanol–water partition coefficient (Wildman–Crippen LogP) is 2.58. The van der Waals surface area contributed by atoms with Crippen molar-refractivity contribution in [2.24, 2.45) is 0 Å². The summed E-state index contributed by atoms with van der Waals surface area (Å²) < 4.78 is 10.5. The van der Waals surface area contributed by atoms with Crippen molar-refractivity contribution in [2.45, 2.75) is 20.0 Å². The molecule has 1 unspecified atom stereocenters. The predicted molar refractivity (Wildman–Crippen MR) is 114 cm³/mol. The number of carbonyl (C=O) groups is 3. The Morgan fingerprint density at radius 2 is 1.83 bits per heavy atom. The molecule has 1 aromatic carbocycles. The molecule has 0 bridgehead atoms. The topological polar surface area (TPSA) is 88.2 Å². The maximum atomic E-state index is 12.3. The molecule has 160 valence electrons. The summed E-state index contributed by atoms with van der Waals surface area (Å²) in [7, 11) is 0. The zero-order valence-corrected chi connectivity index (χ0v) is 17.6. The number of cyclic esters (lactones) is 1. The maximum Gasteiger partial charge on any atom is 0.414 e. The number of rotatable bonds is 6. The Balaban J connectivity index is 1.56. The number of anilines is 2. The molecule has 2 aliphatic heterocycles. The summed E-state index contributed by atoms with van der Waals surface area (Å²) in [5.74, 6) is -0.343. The van der Waals surface area contributed by atoms with Crippen molar-refractivity contribution < 1.29 is 23.9 Å². The molecule has 2 fully saturated rings. The molecular formula is C21H24ClN3O5. The van der Waals surface area contributed by atoms with Gasteiger partial charge in [0, 0.05) is 28.5 Å². The van der Waals surface area contributed by atoms with Crippen LogP contribution < -0.4 is 15.1 Å². The van der Waals surface area contributed by atoms with E-state index in [4.69, 9.17) is 21.1 Å². The van der Waals surface area contributed by atoms with Crippen molar-refractivity contribution in [3.8, 4) is 0 Å². The van der Waals surface area contributed by atoms with Gasteiger partial charge in [-0.25, -0.2) is 4.79 Å². The van der Waals surface area contributed by atoms with Crippen molar-refractivity contribution >= 4 is 40.9 Å². The van der Waals surface area contributed by atoms with Gasteiger partial charge in [0.15, 0.2) is 0 Å². The fraction of sp³-hybridized carbons (Fsp3) is 0.381. The minimum absolute atomic E-state index is 0.0734. The largest absolute Gasteiger partial charge is 0.442 e. The van der Waals surface area contributed by atoms with Gasteiger partial charge in [-0.1, -0.05) is 17.7 Å². The monoisotopic (exact) mass is 433 g/mol. The number of allylic oxidation sites excluding steroid dienone is 3. The number of benzene rings is 1. The van der Waals surface area contributed by atoms with E-state index in [1.807, 2.05) is 0 Å².